The standard InChI is InChI=1S/C16H27N3O2S/c1-11-10-22-14(18-11)12(2)17-9-13-7-6-8-19(13)15(20)21-16(3,4)5/h10,12-13,17H,6-9H2,1-5H3. The maximum atomic E-state index is 12.3. The van der Waals surface area contributed by atoms with Gasteiger partial charge in [0.25, 0.3) is 0 Å². The summed E-state index contributed by atoms with van der Waals surface area (Å²) in [5.74, 6) is 0. The molecule has 0 aromatic carbocycles. The van der Waals surface area contributed by atoms with Crippen molar-refractivity contribution in [2.45, 2.75) is 65.1 Å². The Bertz CT molecular complexity index is 510. The number of rotatable bonds is 4. The molecule has 2 atom stereocenters. The van der Waals surface area contributed by atoms with E-state index in [2.05, 4.69) is 22.6 Å². The zero-order chi connectivity index (χ0) is 16.3. The second-order valence-electron chi connectivity index (χ2n) is 6.93. The summed E-state index contributed by atoms with van der Waals surface area (Å²) in [6, 6.07) is 0.415. The molecule has 1 amide bonds. The van der Waals surface area contributed by atoms with Gasteiger partial charge in [-0.05, 0) is 47.5 Å². The quantitative estimate of drug-likeness (QED) is 0.920. The van der Waals surface area contributed by atoms with Crippen molar-refractivity contribution in [3.8, 4) is 0 Å². The first-order valence-corrected chi connectivity index (χ1v) is 8.79. The van der Waals surface area contributed by atoms with Gasteiger partial charge in [-0.25, -0.2) is 9.78 Å². The van der Waals surface area contributed by atoms with E-state index in [4.69, 9.17) is 4.74 Å². The highest BCUT2D eigenvalue weighted by atomic mass is 32.1. The molecule has 0 spiro atoms. The maximum absolute atomic E-state index is 12.3. The normalized spacial score (nSPS) is 20.2. The van der Waals surface area contributed by atoms with Gasteiger partial charge in [0.2, 0.25) is 0 Å². The molecule has 0 bridgehead atoms. The molecule has 1 aromatic rings. The topological polar surface area (TPSA) is 54.5 Å². The lowest BCUT2D eigenvalue weighted by atomic mass is 10.2. The average molecular weight is 325 g/mol. The predicted octanol–water partition coefficient (Wildman–Crippen LogP) is 3.50. The van der Waals surface area contributed by atoms with Crippen LogP contribution in [0.25, 0.3) is 0 Å². The van der Waals surface area contributed by atoms with Crippen molar-refractivity contribution < 1.29 is 9.53 Å². The van der Waals surface area contributed by atoms with E-state index in [1.54, 1.807) is 11.3 Å². The summed E-state index contributed by atoms with van der Waals surface area (Å²) in [5.41, 5.74) is 0.619. The Kier molecular flexibility index (Phi) is 5.45. The van der Waals surface area contributed by atoms with Crippen LogP contribution in [0.3, 0.4) is 0 Å². The third-order valence-electron chi connectivity index (χ3n) is 3.67. The lowest BCUT2D eigenvalue weighted by molar-refractivity contribution is 0.0225. The fraction of sp³-hybridized carbons (Fsp3) is 0.750. The summed E-state index contributed by atoms with van der Waals surface area (Å²) in [6.07, 6.45) is 1.86. The van der Waals surface area contributed by atoms with Crippen LogP contribution in [0.5, 0.6) is 0 Å². The molecule has 1 N–H and O–H groups in total. The minimum Gasteiger partial charge on any atom is -0.444 e. The summed E-state index contributed by atoms with van der Waals surface area (Å²) in [5, 5.41) is 6.66. The monoisotopic (exact) mass is 325 g/mol. The van der Waals surface area contributed by atoms with Gasteiger partial charge in [-0.1, -0.05) is 0 Å². The van der Waals surface area contributed by atoms with E-state index in [0.29, 0.717) is 0 Å². The molecule has 124 valence electrons. The lowest BCUT2D eigenvalue weighted by Gasteiger charge is -2.29. The first kappa shape index (κ1) is 17.2. The summed E-state index contributed by atoms with van der Waals surface area (Å²) in [4.78, 5) is 18.6. The Morgan fingerprint density at radius 2 is 2.32 bits per heavy atom. The van der Waals surface area contributed by atoms with Gasteiger partial charge in [0.05, 0.1) is 6.04 Å². The van der Waals surface area contributed by atoms with Crippen molar-refractivity contribution in [1.29, 1.82) is 0 Å². The van der Waals surface area contributed by atoms with Crippen LogP contribution in [-0.4, -0.2) is 40.7 Å². The molecule has 0 radical (unpaired) electrons. The van der Waals surface area contributed by atoms with Crippen LogP contribution in [0.4, 0.5) is 4.79 Å². The smallest absolute Gasteiger partial charge is 0.410 e. The number of hydrogen-bond donors (Lipinski definition) is 1. The summed E-state index contributed by atoms with van der Waals surface area (Å²) in [6.45, 7) is 11.4. The number of ether oxygens (including phenoxy) is 1. The van der Waals surface area contributed by atoms with Gasteiger partial charge in [0.1, 0.15) is 10.6 Å². The molecule has 6 heteroatoms. The SMILES string of the molecule is Cc1csc(C(C)NCC2CCCN2C(=O)OC(C)(C)C)n1. The van der Waals surface area contributed by atoms with Crippen molar-refractivity contribution >= 4 is 17.4 Å². The number of amides is 1. The third-order valence-corrected chi connectivity index (χ3v) is 4.82. The van der Waals surface area contributed by atoms with Crippen molar-refractivity contribution in [2.24, 2.45) is 0 Å². The number of thiazole rings is 1. The Morgan fingerprint density at radius 1 is 1.59 bits per heavy atom. The molecule has 5 nitrogen and oxygen atoms in total. The Morgan fingerprint density at radius 3 is 2.91 bits per heavy atom. The molecule has 0 aliphatic carbocycles. The second-order valence-corrected chi connectivity index (χ2v) is 7.82. The highest BCUT2D eigenvalue weighted by Crippen LogP contribution is 2.22. The fourth-order valence-corrected chi connectivity index (χ4v) is 3.41. The molecule has 22 heavy (non-hydrogen) atoms. The molecular formula is C16H27N3O2S. The summed E-state index contributed by atoms with van der Waals surface area (Å²) in [7, 11) is 0. The third kappa shape index (κ3) is 4.68. The zero-order valence-corrected chi connectivity index (χ0v) is 15.0. The van der Waals surface area contributed by atoms with Crippen molar-refractivity contribution in [3.05, 3.63) is 16.1 Å². The predicted molar refractivity (Wildman–Crippen MR) is 89.2 cm³/mol. The van der Waals surface area contributed by atoms with Crippen LogP contribution in [0.2, 0.25) is 0 Å². The van der Waals surface area contributed by atoms with E-state index in [0.717, 1.165) is 36.6 Å². The van der Waals surface area contributed by atoms with E-state index in [1.165, 1.54) is 0 Å². The fourth-order valence-electron chi connectivity index (χ4n) is 2.58. The summed E-state index contributed by atoms with van der Waals surface area (Å²) < 4.78 is 5.50. The Balaban J connectivity index is 1.87. The van der Waals surface area contributed by atoms with Crippen LogP contribution in [0.15, 0.2) is 5.38 Å². The average Bonchev–Trinajstić information content (AvgIpc) is 3.02. The van der Waals surface area contributed by atoms with Crippen molar-refractivity contribution in [2.75, 3.05) is 13.1 Å². The molecule has 1 saturated heterocycles. The molecule has 0 saturated carbocycles. The number of aromatic nitrogens is 1. The Labute approximate surface area is 137 Å². The largest absolute Gasteiger partial charge is 0.444 e. The zero-order valence-electron chi connectivity index (χ0n) is 14.2. The molecule has 2 heterocycles. The van der Waals surface area contributed by atoms with E-state index in [-0.39, 0.29) is 18.2 Å². The van der Waals surface area contributed by atoms with Crippen molar-refractivity contribution in [1.82, 2.24) is 15.2 Å². The van der Waals surface area contributed by atoms with E-state index in [9.17, 15) is 4.79 Å². The van der Waals surface area contributed by atoms with Gasteiger partial charge in [-0.2, -0.15) is 0 Å². The molecule has 1 aromatic heterocycles. The van der Waals surface area contributed by atoms with Crippen LogP contribution in [-0.2, 0) is 4.74 Å². The molecule has 2 unspecified atom stereocenters. The summed E-state index contributed by atoms with van der Waals surface area (Å²) >= 11 is 1.68. The number of aryl methyl sites for hydroxylation is 1. The lowest BCUT2D eigenvalue weighted by Crippen LogP contribution is -2.44. The van der Waals surface area contributed by atoms with Gasteiger partial charge in [0.15, 0.2) is 0 Å². The Hall–Kier alpha value is -1.14. The van der Waals surface area contributed by atoms with Crippen molar-refractivity contribution in [3.63, 3.8) is 0 Å². The van der Waals surface area contributed by atoms with Crippen LogP contribution >= 0.6 is 11.3 Å². The number of nitrogens with zero attached hydrogens (tertiary/aromatic N) is 2. The van der Waals surface area contributed by atoms with E-state index < -0.39 is 5.60 Å². The molecule has 2 rings (SSSR count). The number of carbonyl (C=O) groups is 1. The first-order valence-electron chi connectivity index (χ1n) is 7.91. The number of carbonyl (C=O) groups excluding carboxylic acids is 1. The molecular weight excluding hydrogens is 298 g/mol. The molecule has 1 aliphatic heterocycles. The number of nitrogens with one attached hydrogen (secondary N) is 1. The van der Waals surface area contributed by atoms with Gasteiger partial charge in [-0.15, -0.1) is 11.3 Å². The van der Waals surface area contributed by atoms with Gasteiger partial charge in [-0.3, -0.25) is 0 Å². The molecule has 1 fully saturated rings. The van der Waals surface area contributed by atoms with Crippen LogP contribution in [0, 0.1) is 6.92 Å². The van der Waals surface area contributed by atoms with Gasteiger partial charge in [0, 0.05) is 30.2 Å². The minimum absolute atomic E-state index is 0.199. The van der Waals surface area contributed by atoms with Crippen LogP contribution in [0.1, 0.15) is 57.3 Å². The molecule has 1 aliphatic rings. The minimum atomic E-state index is -0.441. The van der Waals surface area contributed by atoms with E-state index in [1.807, 2.05) is 32.6 Å². The van der Waals surface area contributed by atoms with Crippen LogP contribution < -0.4 is 5.32 Å². The van der Waals surface area contributed by atoms with Gasteiger partial charge >= 0.3 is 6.09 Å². The first-order chi connectivity index (χ1) is 10.3. The second kappa shape index (κ2) is 6.96. The highest BCUT2D eigenvalue weighted by molar-refractivity contribution is 7.09. The number of likely N-dealkylation sites (tertiary alicyclic amines) is 1. The van der Waals surface area contributed by atoms with E-state index >= 15 is 0 Å². The number of hydrogen-bond acceptors (Lipinski definition) is 5. The van der Waals surface area contributed by atoms with Gasteiger partial charge < -0.3 is 15.0 Å². The maximum Gasteiger partial charge on any atom is 0.410 e. The highest BCUT2D eigenvalue weighted by Gasteiger charge is 2.32.